The summed E-state index contributed by atoms with van der Waals surface area (Å²) in [6, 6.07) is 5.62. The monoisotopic (exact) mass is 333 g/mol. The fourth-order valence-corrected chi connectivity index (χ4v) is 2.57. The molecule has 0 saturated heterocycles. The van der Waals surface area contributed by atoms with Crippen LogP contribution >= 0.6 is 39.1 Å². The quantitative estimate of drug-likeness (QED) is 0.838. The first kappa shape index (κ1) is 12.9. The molecule has 0 spiro atoms. The standard InChI is InChI=1S/C11H10BrCl2N3/c1-2-3-10-15-16-11(14)17(10)9-5-4-7(12)6-8(9)13/h4-6H,2-3H2,1H3. The van der Waals surface area contributed by atoms with E-state index in [9.17, 15) is 0 Å². The summed E-state index contributed by atoms with van der Waals surface area (Å²) in [4.78, 5) is 0. The lowest BCUT2D eigenvalue weighted by atomic mass is 10.3. The van der Waals surface area contributed by atoms with Gasteiger partial charge in [-0.05, 0) is 36.2 Å². The second-order valence-electron chi connectivity index (χ2n) is 3.57. The van der Waals surface area contributed by atoms with E-state index < -0.39 is 0 Å². The molecule has 0 fully saturated rings. The van der Waals surface area contributed by atoms with Gasteiger partial charge in [-0.2, -0.15) is 0 Å². The van der Waals surface area contributed by atoms with Crippen molar-refractivity contribution in [2.24, 2.45) is 0 Å². The first-order valence-electron chi connectivity index (χ1n) is 5.18. The van der Waals surface area contributed by atoms with E-state index in [1.807, 2.05) is 18.2 Å². The number of aryl methyl sites for hydroxylation is 1. The zero-order chi connectivity index (χ0) is 12.4. The maximum Gasteiger partial charge on any atom is 0.229 e. The summed E-state index contributed by atoms with van der Waals surface area (Å²) in [6.45, 7) is 2.08. The van der Waals surface area contributed by atoms with E-state index in [0.717, 1.165) is 28.8 Å². The SMILES string of the molecule is CCCc1nnc(Cl)n1-c1ccc(Br)cc1Cl. The van der Waals surface area contributed by atoms with Gasteiger partial charge in [0.2, 0.25) is 5.28 Å². The minimum absolute atomic E-state index is 0.331. The van der Waals surface area contributed by atoms with Crippen LogP contribution in [0.2, 0.25) is 10.3 Å². The number of hydrogen-bond acceptors (Lipinski definition) is 2. The molecule has 0 N–H and O–H groups in total. The fraction of sp³-hybridized carbons (Fsp3) is 0.273. The number of rotatable bonds is 3. The van der Waals surface area contributed by atoms with Gasteiger partial charge in [-0.25, -0.2) is 0 Å². The highest BCUT2D eigenvalue weighted by Crippen LogP contribution is 2.27. The maximum absolute atomic E-state index is 6.20. The average molecular weight is 335 g/mol. The van der Waals surface area contributed by atoms with Crippen molar-refractivity contribution < 1.29 is 0 Å². The average Bonchev–Trinajstić information content (AvgIpc) is 2.62. The number of nitrogens with zero attached hydrogens (tertiary/aromatic N) is 3. The lowest BCUT2D eigenvalue weighted by molar-refractivity contribution is 0.803. The first-order chi connectivity index (χ1) is 8.13. The molecule has 0 aliphatic heterocycles. The molecule has 0 atom stereocenters. The smallest absolute Gasteiger partial charge is 0.229 e. The minimum Gasteiger partial charge on any atom is -0.268 e. The number of benzene rings is 1. The zero-order valence-electron chi connectivity index (χ0n) is 9.12. The molecule has 0 unspecified atom stereocenters. The van der Waals surface area contributed by atoms with E-state index in [0.29, 0.717) is 10.3 Å². The van der Waals surface area contributed by atoms with E-state index in [1.54, 1.807) is 4.57 Å². The summed E-state index contributed by atoms with van der Waals surface area (Å²) in [6.07, 6.45) is 1.79. The van der Waals surface area contributed by atoms with Gasteiger partial charge in [-0.1, -0.05) is 34.5 Å². The highest BCUT2D eigenvalue weighted by molar-refractivity contribution is 9.10. The van der Waals surface area contributed by atoms with Crippen LogP contribution in [0.25, 0.3) is 5.69 Å². The van der Waals surface area contributed by atoms with Crippen LogP contribution in [-0.4, -0.2) is 14.8 Å². The van der Waals surface area contributed by atoms with Gasteiger partial charge >= 0.3 is 0 Å². The van der Waals surface area contributed by atoms with Gasteiger partial charge in [0, 0.05) is 10.9 Å². The van der Waals surface area contributed by atoms with E-state index >= 15 is 0 Å². The maximum atomic E-state index is 6.20. The third kappa shape index (κ3) is 2.64. The van der Waals surface area contributed by atoms with Crippen LogP contribution in [0.4, 0.5) is 0 Å². The third-order valence-electron chi connectivity index (χ3n) is 2.31. The molecule has 17 heavy (non-hydrogen) atoms. The predicted molar refractivity (Wildman–Crippen MR) is 73.1 cm³/mol. The largest absolute Gasteiger partial charge is 0.268 e. The minimum atomic E-state index is 0.331. The van der Waals surface area contributed by atoms with E-state index in [1.165, 1.54) is 0 Å². The molecule has 0 saturated carbocycles. The van der Waals surface area contributed by atoms with E-state index in [2.05, 4.69) is 33.1 Å². The van der Waals surface area contributed by atoms with Crippen molar-refractivity contribution >= 4 is 39.1 Å². The summed E-state index contributed by atoms with van der Waals surface area (Å²) in [7, 11) is 0. The van der Waals surface area contributed by atoms with Crippen molar-refractivity contribution in [1.82, 2.24) is 14.8 Å². The van der Waals surface area contributed by atoms with Gasteiger partial charge in [-0.3, -0.25) is 4.57 Å². The van der Waals surface area contributed by atoms with E-state index in [-0.39, 0.29) is 0 Å². The molecule has 2 aromatic rings. The Morgan fingerprint density at radius 3 is 2.71 bits per heavy atom. The second kappa shape index (κ2) is 5.38. The zero-order valence-corrected chi connectivity index (χ0v) is 12.2. The predicted octanol–water partition coefficient (Wildman–Crippen LogP) is 4.29. The molecule has 2 rings (SSSR count). The van der Waals surface area contributed by atoms with Crippen molar-refractivity contribution in [3.05, 3.63) is 38.8 Å². The summed E-state index contributed by atoms with van der Waals surface area (Å²) in [5.41, 5.74) is 0.799. The van der Waals surface area contributed by atoms with Crippen molar-refractivity contribution in [1.29, 1.82) is 0 Å². The first-order valence-corrected chi connectivity index (χ1v) is 6.73. The molecule has 0 bridgehead atoms. The Morgan fingerprint density at radius 1 is 1.29 bits per heavy atom. The summed E-state index contributed by atoms with van der Waals surface area (Å²) in [5.74, 6) is 0.821. The molecule has 1 aromatic heterocycles. The molecule has 3 nitrogen and oxygen atoms in total. The van der Waals surface area contributed by atoms with Crippen LogP contribution in [0, 0.1) is 0 Å². The molecule has 90 valence electrons. The Morgan fingerprint density at radius 2 is 2.06 bits per heavy atom. The lowest BCUT2D eigenvalue weighted by Gasteiger charge is -2.09. The van der Waals surface area contributed by atoms with Gasteiger partial charge in [0.1, 0.15) is 5.82 Å². The Hall–Kier alpha value is -0.580. The molecule has 0 aliphatic carbocycles. The van der Waals surface area contributed by atoms with Crippen LogP contribution < -0.4 is 0 Å². The van der Waals surface area contributed by atoms with Crippen LogP contribution in [0.3, 0.4) is 0 Å². The number of aromatic nitrogens is 3. The van der Waals surface area contributed by atoms with Gasteiger partial charge < -0.3 is 0 Å². The number of halogens is 3. The second-order valence-corrected chi connectivity index (χ2v) is 5.23. The summed E-state index contributed by atoms with van der Waals surface area (Å²) >= 11 is 15.6. The molecular formula is C11H10BrCl2N3. The molecule has 0 aliphatic rings. The fourth-order valence-electron chi connectivity index (χ4n) is 1.58. The van der Waals surface area contributed by atoms with Gasteiger partial charge in [0.15, 0.2) is 0 Å². The highest BCUT2D eigenvalue weighted by Gasteiger charge is 2.14. The Labute approximate surface area is 118 Å². The van der Waals surface area contributed by atoms with Gasteiger partial charge in [0.05, 0.1) is 10.7 Å². The molecule has 1 aromatic carbocycles. The number of hydrogen-bond donors (Lipinski definition) is 0. The topological polar surface area (TPSA) is 30.7 Å². The van der Waals surface area contributed by atoms with Crippen molar-refractivity contribution in [2.45, 2.75) is 19.8 Å². The van der Waals surface area contributed by atoms with Gasteiger partial charge in [-0.15, -0.1) is 10.2 Å². The molecule has 0 radical (unpaired) electrons. The van der Waals surface area contributed by atoms with Crippen molar-refractivity contribution in [2.75, 3.05) is 0 Å². The third-order valence-corrected chi connectivity index (χ3v) is 3.36. The Balaban J connectivity index is 2.55. The van der Waals surface area contributed by atoms with Crippen molar-refractivity contribution in [3.8, 4) is 5.69 Å². The summed E-state index contributed by atoms with van der Waals surface area (Å²) < 4.78 is 2.70. The summed E-state index contributed by atoms with van der Waals surface area (Å²) in [5, 5.41) is 8.88. The molecule has 0 amide bonds. The van der Waals surface area contributed by atoms with E-state index in [4.69, 9.17) is 23.2 Å². The molecule has 6 heteroatoms. The van der Waals surface area contributed by atoms with Gasteiger partial charge in [0.25, 0.3) is 0 Å². The highest BCUT2D eigenvalue weighted by atomic mass is 79.9. The molecular weight excluding hydrogens is 325 g/mol. The van der Waals surface area contributed by atoms with Crippen LogP contribution in [0.1, 0.15) is 19.2 Å². The lowest BCUT2D eigenvalue weighted by Crippen LogP contribution is -2.02. The van der Waals surface area contributed by atoms with Crippen LogP contribution in [0.5, 0.6) is 0 Å². The Bertz CT molecular complexity index is 540. The normalized spacial score (nSPS) is 10.8. The Kier molecular flexibility index (Phi) is 4.07. The van der Waals surface area contributed by atoms with Crippen molar-refractivity contribution in [3.63, 3.8) is 0 Å². The van der Waals surface area contributed by atoms with Crippen LogP contribution in [-0.2, 0) is 6.42 Å². The molecule has 1 heterocycles. The van der Waals surface area contributed by atoms with Crippen LogP contribution in [0.15, 0.2) is 22.7 Å².